The minimum absolute atomic E-state index is 0.0569. The Labute approximate surface area is 220 Å². The highest BCUT2D eigenvalue weighted by Crippen LogP contribution is 2.42. The molecule has 2 amide bonds. The summed E-state index contributed by atoms with van der Waals surface area (Å²) in [4.78, 5) is 27.5. The summed E-state index contributed by atoms with van der Waals surface area (Å²) in [5, 5.41) is 2.77. The van der Waals surface area contributed by atoms with Crippen molar-refractivity contribution < 1.29 is 26.8 Å². The molecular formula is C29H28F2N2O4S. The molecule has 9 heteroatoms. The van der Waals surface area contributed by atoms with Crippen LogP contribution in [-0.2, 0) is 21.1 Å². The number of amides is 2. The van der Waals surface area contributed by atoms with E-state index < -0.39 is 21.8 Å². The number of carbonyl (C=O) groups excluding carboxylic acids is 2. The molecule has 6 nitrogen and oxygen atoms in total. The summed E-state index contributed by atoms with van der Waals surface area (Å²) < 4.78 is 52.0. The molecule has 1 N–H and O–H groups in total. The second kappa shape index (κ2) is 10.3. The molecule has 0 bridgehead atoms. The third-order valence-corrected chi connectivity index (χ3v) is 8.80. The summed E-state index contributed by atoms with van der Waals surface area (Å²) in [5.41, 5.74) is 2.04. The van der Waals surface area contributed by atoms with Crippen LogP contribution in [0.5, 0.6) is 0 Å². The van der Waals surface area contributed by atoms with E-state index in [4.69, 9.17) is 0 Å². The average Bonchev–Trinajstić information content (AvgIpc) is 3.68. The molecular weight excluding hydrogens is 510 g/mol. The molecule has 3 aromatic rings. The SMILES string of the molecule is O=C(Cc1ccc(S(=O)(=O)CC2CC2)cc1)Nc1ccc(C(=O)N(c2ccccc2)C2CC(F)(F)C2)cc1. The van der Waals surface area contributed by atoms with Crippen LogP contribution in [-0.4, -0.2) is 37.9 Å². The molecule has 3 aromatic carbocycles. The van der Waals surface area contributed by atoms with Crippen LogP contribution >= 0.6 is 0 Å². The zero-order chi connectivity index (χ0) is 26.9. The third kappa shape index (κ3) is 6.10. The fraction of sp³-hybridized carbons (Fsp3) is 0.310. The number of nitrogens with zero attached hydrogens (tertiary/aromatic N) is 1. The number of anilines is 2. The molecule has 38 heavy (non-hydrogen) atoms. The number of halogens is 2. The molecule has 0 heterocycles. The number of rotatable bonds is 9. The normalized spacial score (nSPS) is 16.9. The number of alkyl halides is 2. The van der Waals surface area contributed by atoms with Crippen molar-refractivity contribution >= 4 is 33.0 Å². The minimum atomic E-state index is -3.30. The summed E-state index contributed by atoms with van der Waals surface area (Å²) in [5.74, 6) is -3.01. The van der Waals surface area contributed by atoms with Gasteiger partial charge in [0.05, 0.1) is 17.1 Å². The van der Waals surface area contributed by atoms with Gasteiger partial charge in [-0.15, -0.1) is 0 Å². The maximum atomic E-state index is 13.6. The van der Waals surface area contributed by atoms with Crippen LogP contribution < -0.4 is 10.2 Å². The highest BCUT2D eigenvalue weighted by atomic mass is 32.2. The molecule has 0 spiro atoms. The van der Waals surface area contributed by atoms with Crippen LogP contribution in [0.1, 0.15) is 41.6 Å². The van der Waals surface area contributed by atoms with Gasteiger partial charge in [-0.3, -0.25) is 9.59 Å². The Bertz CT molecular complexity index is 1410. The summed E-state index contributed by atoms with van der Waals surface area (Å²) in [6.45, 7) is 0. The first-order valence-corrected chi connectivity index (χ1v) is 14.2. The molecule has 198 valence electrons. The third-order valence-electron chi connectivity index (χ3n) is 6.90. The van der Waals surface area contributed by atoms with E-state index in [0.717, 1.165) is 12.8 Å². The van der Waals surface area contributed by atoms with Crippen LogP contribution in [0.4, 0.5) is 20.2 Å². The van der Waals surface area contributed by atoms with E-state index >= 15 is 0 Å². The Morgan fingerprint density at radius 1 is 0.895 bits per heavy atom. The number of sulfone groups is 1. The topological polar surface area (TPSA) is 83.5 Å². The van der Waals surface area contributed by atoms with E-state index in [0.29, 0.717) is 22.5 Å². The monoisotopic (exact) mass is 538 g/mol. The van der Waals surface area contributed by atoms with Crippen LogP contribution in [0.25, 0.3) is 0 Å². The summed E-state index contributed by atoms with van der Waals surface area (Å²) >= 11 is 0. The molecule has 2 saturated carbocycles. The first kappa shape index (κ1) is 26.0. The highest BCUT2D eigenvalue weighted by molar-refractivity contribution is 7.91. The van der Waals surface area contributed by atoms with Crippen LogP contribution in [0, 0.1) is 5.92 Å². The first-order chi connectivity index (χ1) is 18.1. The highest BCUT2D eigenvalue weighted by Gasteiger charge is 2.49. The van der Waals surface area contributed by atoms with Gasteiger partial charge >= 0.3 is 0 Å². The van der Waals surface area contributed by atoms with Gasteiger partial charge < -0.3 is 10.2 Å². The molecule has 0 unspecified atom stereocenters. The van der Waals surface area contributed by atoms with Gasteiger partial charge in [0.15, 0.2) is 9.84 Å². The van der Waals surface area contributed by atoms with Gasteiger partial charge in [-0.05, 0) is 72.9 Å². The molecule has 0 saturated heterocycles. The minimum Gasteiger partial charge on any atom is -0.326 e. The van der Waals surface area contributed by atoms with E-state index in [1.165, 1.54) is 17.0 Å². The quantitative estimate of drug-likeness (QED) is 0.390. The summed E-state index contributed by atoms with van der Waals surface area (Å²) in [6.07, 6.45) is 1.21. The van der Waals surface area contributed by atoms with Crippen LogP contribution in [0.15, 0.2) is 83.8 Å². The molecule has 0 aromatic heterocycles. The zero-order valence-electron chi connectivity index (χ0n) is 20.6. The Hall–Kier alpha value is -3.59. The number of nitrogens with one attached hydrogen (secondary N) is 1. The van der Waals surface area contributed by atoms with Crippen LogP contribution in [0.3, 0.4) is 0 Å². The standard InChI is InChI=1S/C29H28F2N2O4S/c30-29(31)17-25(18-29)33(24-4-2-1-3-5-24)28(35)22-10-12-23(13-11-22)32-27(34)16-20-8-14-26(15-9-20)38(36,37)19-21-6-7-21/h1-5,8-15,21,25H,6-7,16-19H2,(H,32,34). The number of hydrogen-bond donors (Lipinski definition) is 1. The van der Waals surface area contributed by atoms with E-state index in [1.54, 1.807) is 66.7 Å². The van der Waals surface area contributed by atoms with Gasteiger partial charge in [0.1, 0.15) is 0 Å². The van der Waals surface area contributed by atoms with Crippen molar-refractivity contribution in [1.82, 2.24) is 0 Å². The molecule has 2 fully saturated rings. The predicted octanol–water partition coefficient (Wildman–Crippen LogP) is 5.50. The maximum absolute atomic E-state index is 13.6. The molecule has 5 rings (SSSR count). The summed E-state index contributed by atoms with van der Waals surface area (Å²) in [6, 6.07) is 20.8. The number of hydrogen-bond acceptors (Lipinski definition) is 4. The Morgan fingerprint density at radius 3 is 2.11 bits per heavy atom. The van der Waals surface area contributed by atoms with Crippen molar-refractivity contribution in [3.05, 3.63) is 90.0 Å². The van der Waals surface area contributed by atoms with E-state index in [1.807, 2.05) is 0 Å². The second-order valence-corrected chi connectivity index (χ2v) is 12.1. The number of para-hydroxylation sites is 1. The second-order valence-electron chi connectivity index (χ2n) is 10.1. The Morgan fingerprint density at radius 2 is 1.53 bits per heavy atom. The van der Waals surface area contributed by atoms with Crippen molar-refractivity contribution in [2.75, 3.05) is 16.0 Å². The molecule has 2 aliphatic rings. The van der Waals surface area contributed by atoms with Crippen molar-refractivity contribution in [1.29, 1.82) is 0 Å². The summed E-state index contributed by atoms with van der Waals surface area (Å²) in [7, 11) is -3.30. The fourth-order valence-electron chi connectivity index (χ4n) is 4.63. The lowest BCUT2D eigenvalue weighted by Crippen LogP contribution is -2.53. The lowest BCUT2D eigenvalue weighted by Gasteiger charge is -2.42. The molecule has 0 radical (unpaired) electrons. The molecule has 2 aliphatic carbocycles. The largest absolute Gasteiger partial charge is 0.326 e. The van der Waals surface area contributed by atoms with Gasteiger partial charge in [-0.2, -0.15) is 0 Å². The maximum Gasteiger partial charge on any atom is 0.258 e. The average molecular weight is 539 g/mol. The van der Waals surface area contributed by atoms with Gasteiger partial charge in [0, 0.05) is 35.8 Å². The fourth-order valence-corrected chi connectivity index (χ4v) is 6.32. The van der Waals surface area contributed by atoms with Gasteiger partial charge in [0.25, 0.3) is 11.8 Å². The van der Waals surface area contributed by atoms with E-state index in [9.17, 15) is 26.8 Å². The Balaban J connectivity index is 1.21. The van der Waals surface area contributed by atoms with Gasteiger partial charge in [-0.1, -0.05) is 30.3 Å². The Kier molecular flexibility index (Phi) is 7.05. The lowest BCUT2D eigenvalue weighted by molar-refractivity contribution is -0.115. The van der Waals surface area contributed by atoms with Crippen molar-refractivity contribution in [3.8, 4) is 0 Å². The number of benzene rings is 3. The lowest BCUT2D eigenvalue weighted by atomic mass is 9.86. The van der Waals surface area contributed by atoms with Gasteiger partial charge in [0.2, 0.25) is 5.91 Å². The number of carbonyl (C=O) groups is 2. The van der Waals surface area contributed by atoms with Crippen molar-refractivity contribution in [2.45, 2.75) is 49.0 Å². The van der Waals surface area contributed by atoms with Crippen molar-refractivity contribution in [3.63, 3.8) is 0 Å². The van der Waals surface area contributed by atoms with E-state index in [-0.39, 0.29) is 47.6 Å². The van der Waals surface area contributed by atoms with Gasteiger partial charge in [-0.25, -0.2) is 17.2 Å². The first-order valence-electron chi connectivity index (χ1n) is 12.6. The smallest absolute Gasteiger partial charge is 0.258 e. The van der Waals surface area contributed by atoms with Crippen molar-refractivity contribution in [2.24, 2.45) is 5.92 Å². The molecule has 0 aliphatic heterocycles. The van der Waals surface area contributed by atoms with E-state index in [2.05, 4.69) is 5.32 Å². The van der Waals surface area contributed by atoms with Crippen LogP contribution in [0.2, 0.25) is 0 Å². The molecule has 0 atom stereocenters. The zero-order valence-corrected chi connectivity index (χ0v) is 21.5. The predicted molar refractivity (Wildman–Crippen MR) is 141 cm³/mol.